The van der Waals surface area contributed by atoms with E-state index in [1.807, 2.05) is 30.3 Å². The summed E-state index contributed by atoms with van der Waals surface area (Å²) in [6, 6.07) is 10.8. The van der Waals surface area contributed by atoms with Crippen LogP contribution in [-0.2, 0) is 11.2 Å². The van der Waals surface area contributed by atoms with Gasteiger partial charge in [0.15, 0.2) is 0 Å². The topological polar surface area (TPSA) is 70.2 Å². The van der Waals surface area contributed by atoms with E-state index in [1.165, 1.54) is 6.20 Å². The molecule has 4 nitrogen and oxygen atoms in total. The van der Waals surface area contributed by atoms with Gasteiger partial charge in [-0.1, -0.05) is 30.3 Å². The number of rotatable bonds is 3. The van der Waals surface area contributed by atoms with E-state index in [0.29, 0.717) is 11.1 Å². The first-order valence-electron chi connectivity index (χ1n) is 5.15. The van der Waals surface area contributed by atoms with E-state index in [4.69, 9.17) is 5.11 Å². The molecule has 0 atom stereocenters. The largest absolute Gasteiger partial charge is 0.481 e. The van der Waals surface area contributed by atoms with E-state index in [0.717, 1.165) is 5.56 Å². The van der Waals surface area contributed by atoms with Crippen molar-refractivity contribution >= 4 is 5.97 Å². The highest BCUT2D eigenvalue weighted by atomic mass is 16.4. The van der Waals surface area contributed by atoms with Gasteiger partial charge in [-0.3, -0.25) is 9.59 Å². The van der Waals surface area contributed by atoms with Gasteiger partial charge in [-0.25, -0.2) is 0 Å². The van der Waals surface area contributed by atoms with Gasteiger partial charge in [0.1, 0.15) is 0 Å². The Bertz CT molecular complexity index is 587. The van der Waals surface area contributed by atoms with Crippen molar-refractivity contribution in [2.75, 3.05) is 0 Å². The summed E-state index contributed by atoms with van der Waals surface area (Å²) >= 11 is 0. The number of carboxylic acids is 1. The first-order chi connectivity index (χ1) is 8.16. The Morgan fingerprint density at radius 1 is 1.24 bits per heavy atom. The zero-order valence-electron chi connectivity index (χ0n) is 9.01. The fourth-order valence-corrected chi connectivity index (χ4v) is 1.64. The van der Waals surface area contributed by atoms with Gasteiger partial charge in [-0.05, 0) is 17.2 Å². The zero-order valence-corrected chi connectivity index (χ0v) is 9.01. The van der Waals surface area contributed by atoms with E-state index in [-0.39, 0.29) is 12.0 Å². The van der Waals surface area contributed by atoms with Crippen LogP contribution in [0.4, 0.5) is 0 Å². The molecule has 0 aliphatic carbocycles. The van der Waals surface area contributed by atoms with Gasteiger partial charge in [-0.2, -0.15) is 0 Å². The van der Waals surface area contributed by atoms with Gasteiger partial charge in [0.2, 0.25) is 0 Å². The average Bonchev–Trinajstić information content (AvgIpc) is 2.32. The van der Waals surface area contributed by atoms with E-state index < -0.39 is 5.97 Å². The molecule has 0 aliphatic heterocycles. The van der Waals surface area contributed by atoms with E-state index in [2.05, 4.69) is 4.98 Å². The fourth-order valence-electron chi connectivity index (χ4n) is 1.64. The highest BCUT2D eigenvalue weighted by molar-refractivity contribution is 5.71. The van der Waals surface area contributed by atoms with Crippen LogP contribution in [0.3, 0.4) is 0 Å². The second-order valence-electron chi connectivity index (χ2n) is 3.69. The lowest BCUT2D eigenvalue weighted by atomic mass is 10.0. The summed E-state index contributed by atoms with van der Waals surface area (Å²) < 4.78 is 0. The number of H-pyrrole nitrogens is 1. The van der Waals surface area contributed by atoms with Gasteiger partial charge >= 0.3 is 5.97 Å². The van der Waals surface area contributed by atoms with Crippen molar-refractivity contribution in [2.24, 2.45) is 0 Å². The van der Waals surface area contributed by atoms with Gasteiger partial charge in [0, 0.05) is 11.8 Å². The standard InChI is InChI=1S/C13H11NO3/c15-12(16)7-9-6-11(13(17)14-8-9)10-4-2-1-3-5-10/h1-6,8H,7H2,(H,14,17)(H,15,16). The smallest absolute Gasteiger partial charge is 0.307 e. The van der Waals surface area contributed by atoms with Crippen molar-refractivity contribution in [1.82, 2.24) is 4.98 Å². The van der Waals surface area contributed by atoms with Crippen molar-refractivity contribution < 1.29 is 9.90 Å². The number of hydrogen-bond acceptors (Lipinski definition) is 2. The Morgan fingerprint density at radius 3 is 2.59 bits per heavy atom. The van der Waals surface area contributed by atoms with Gasteiger partial charge in [0.05, 0.1) is 6.42 Å². The highest BCUT2D eigenvalue weighted by Crippen LogP contribution is 2.15. The second kappa shape index (κ2) is 4.65. The van der Waals surface area contributed by atoms with Crippen LogP contribution in [0.25, 0.3) is 11.1 Å². The number of aromatic amines is 1. The molecule has 1 heterocycles. The van der Waals surface area contributed by atoms with E-state index >= 15 is 0 Å². The predicted octanol–water partition coefficient (Wildman–Crippen LogP) is 1.67. The molecule has 2 rings (SSSR count). The summed E-state index contributed by atoms with van der Waals surface area (Å²) in [5.74, 6) is -0.920. The summed E-state index contributed by atoms with van der Waals surface area (Å²) in [7, 11) is 0. The lowest BCUT2D eigenvalue weighted by molar-refractivity contribution is -0.136. The third-order valence-electron chi connectivity index (χ3n) is 2.40. The van der Waals surface area contributed by atoms with Crippen molar-refractivity contribution in [2.45, 2.75) is 6.42 Å². The van der Waals surface area contributed by atoms with Crippen LogP contribution in [0.1, 0.15) is 5.56 Å². The van der Waals surface area contributed by atoms with Crippen LogP contribution in [0.15, 0.2) is 47.4 Å². The number of aliphatic carboxylic acids is 1. The minimum atomic E-state index is -0.920. The Balaban J connectivity index is 2.47. The molecular formula is C13H11NO3. The number of aromatic nitrogens is 1. The molecule has 0 unspecified atom stereocenters. The minimum Gasteiger partial charge on any atom is -0.481 e. The summed E-state index contributed by atoms with van der Waals surface area (Å²) in [6.07, 6.45) is 1.33. The molecule has 4 heteroatoms. The summed E-state index contributed by atoms with van der Waals surface area (Å²) in [5.41, 5.74) is 1.63. The maximum Gasteiger partial charge on any atom is 0.307 e. The monoisotopic (exact) mass is 229 g/mol. The third-order valence-corrected chi connectivity index (χ3v) is 2.40. The van der Waals surface area contributed by atoms with Crippen LogP contribution < -0.4 is 5.56 Å². The summed E-state index contributed by atoms with van der Waals surface area (Å²) in [4.78, 5) is 24.8. The van der Waals surface area contributed by atoms with Crippen molar-refractivity contribution in [1.29, 1.82) is 0 Å². The first-order valence-corrected chi connectivity index (χ1v) is 5.15. The molecular weight excluding hydrogens is 218 g/mol. The first kappa shape index (κ1) is 11.1. The van der Waals surface area contributed by atoms with Crippen LogP contribution in [0, 0.1) is 0 Å². The maximum absolute atomic E-state index is 11.7. The number of nitrogens with one attached hydrogen (secondary N) is 1. The summed E-state index contributed by atoms with van der Waals surface area (Å²) in [5, 5.41) is 8.71. The van der Waals surface area contributed by atoms with E-state index in [9.17, 15) is 9.59 Å². The Hall–Kier alpha value is -2.36. The number of pyridine rings is 1. The number of carboxylic acid groups (broad SMARTS) is 1. The van der Waals surface area contributed by atoms with Crippen molar-refractivity contribution in [3.05, 3.63) is 58.5 Å². The fraction of sp³-hybridized carbons (Fsp3) is 0.0769. The molecule has 2 aromatic rings. The lowest BCUT2D eigenvalue weighted by Gasteiger charge is -2.02. The van der Waals surface area contributed by atoms with Gasteiger partial charge < -0.3 is 10.1 Å². The molecule has 0 bridgehead atoms. The molecule has 0 aliphatic rings. The second-order valence-corrected chi connectivity index (χ2v) is 3.69. The molecule has 0 amide bonds. The molecule has 0 saturated carbocycles. The Morgan fingerprint density at radius 2 is 1.94 bits per heavy atom. The number of hydrogen-bond donors (Lipinski definition) is 2. The molecule has 2 N–H and O–H groups in total. The quantitative estimate of drug-likeness (QED) is 0.841. The number of benzene rings is 1. The number of carbonyl (C=O) groups is 1. The molecule has 0 fully saturated rings. The SMILES string of the molecule is O=C(O)Cc1c[nH]c(=O)c(-c2ccccc2)c1. The van der Waals surface area contributed by atoms with Crippen LogP contribution in [0.2, 0.25) is 0 Å². The van der Waals surface area contributed by atoms with Crippen LogP contribution in [-0.4, -0.2) is 16.1 Å². The predicted molar refractivity (Wildman–Crippen MR) is 63.8 cm³/mol. The van der Waals surface area contributed by atoms with Crippen molar-refractivity contribution in [3.8, 4) is 11.1 Å². The van der Waals surface area contributed by atoms with Crippen molar-refractivity contribution in [3.63, 3.8) is 0 Å². The average molecular weight is 229 g/mol. The molecule has 1 aromatic carbocycles. The maximum atomic E-state index is 11.7. The molecule has 1 aromatic heterocycles. The zero-order chi connectivity index (χ0) is 12.3. The molecule has 0 radical (unpaired) electrons. The normalized spacial score (nSPS) is 10.1. The Labute approximate surface area is 97.6 Å². The summed E-state index contributed by atoms with van der Waals surface area (Å²) in [6.45, 7) is 0. The van der Waals surface area contributed by atoms with Crippen LogP contribution in [0.5, 0.6) is 0 Å². The van der Waals surface area contributed by atoms with Crippen LogP contribution >= 0.6 is 0 Å². The van der Waals surface area contributed by atoms with Gasteiger partial charge in [-0.15, -0.1) is 0 Å². The molecule has 0 saturated heterocycles. The van der Waals surface area contributed by atoms with Gasteiger partial charge in [0.25, 0.3) is 5.56 Å². The molecule has 0 spiro atoms. The highest BCUT2D eigenvalue weighted by Gasteiger charge is 2.06. The molecule has 17 heavy (non-hydrogen) atoms. The lowest BCUT2D eigenvalue weighted by Crippen LogP contribution is -2.11. The third kappa shape index (κ3) is 2.60. The molecule has 86 valence electrons. The Kier molecular flexibility index (Phi) is 3.05. The minimum absolute atomic E-state index is 0.101. The van der Waals surface area contributed by atoms with E-state index in [1.54, 1.807) is 6.07 Å².